The second kappa shape index (κ2) is 6.91. The van der Waals surface area contributed by atoms with Crippen LogP contribution in [0.2, 0.25) is 0 Å². The van der Waals surface area contributed by atoms with E-state index in [9.17, 15) is 0 Å². The van der Waals surface area contributed by atoms with Crippen LogP contribution in [0, 0.1) is 0 Å². The molecular weight excluding hydrogens is 220 g/mol. The van der Waals surface area contributed by atoms with Crippen LogP contribution in [-0.4, -0.2) is 30.6 Å². The van der Waals surface area contributed by atoms with E-state index in [0.29, 0.717) is 0 Å². The van der Waals surface area contributed by atoms with Crippen molar-refractivity contribution >= 4 is 0 Å². The zero-order chi connectivity index (χ0) is 12.8. The molecule has 0 amide bonds. The lowest BCUT2D eigenvalue weighted by Gasteiger charge is -2.35. The van der Waals surface area contributed by atoms with Crippen molar-refractivity contribution in [3.63, 3.8) is 0 Å². The van der Waals surface area contributed by atoms with Crippen LogP contribution in [0.1, 0.15) is 38.2 Å². The first-order chi connectivity index (χ1) is 8.79. The van der Waals surface area contributed by atoms with Gasteiger partial charge >= 0.3 is 0 Å². The summed E-state index contributed by atoms with van der Waals surface area (Å²) in [4.78, 5) is 2.53. The molecule has 0 spiro atoms. The Labute approximate surface area is 111 Å². The summed E-state index contributed by atoms with van der Waals surface area (Å²) in [5.74, 6) is 0. The monoisotopic (exact) mass is 246 g/mol. The average molecular weight is 246 g/mol. The molecule has 1 N–H and O–H groups in total. The topological polar surface area (TPSA) is 15.3 Å². The van der Waals surface area contributed by atoms with E-state index in [2.05, 4.69) is 54.5 Å². The summed E-state index contributed by atoms with van der Waals surface area (Å²) >= 11 is 0. The highest BCUT2D eigenvalue weighted by Crippen LogP contribution is 2.23. The molecule has 1 aromatic rings. The largest absolute Gasteiger partial charge is 0.314 e. The lowest BCUT2D eigenvalue weighted by atomic mass is 9.90. The minimum Gasteiger partial charge on any atom is -0.314 e. The fraction of sp³-hybridized carbons (Fsp3) is 0.625. The maximum absolute atomic E-state index is 3.61. The second-order valence-corrected chi connectivity index (χ2v) is 5.48. The van der Waals surface area contributed by atoms with E-state index in [1.807, 2.05) is 0 Å². The zero-order valence-electron chi connectivity index (χ0n) is 11.7. The third-order valence-electron chi connectivity index (χ3n) is 4.04. The van der Waals surface area contributed by atoms with Crippen LogP contribution in [0.25, 0.3) is 0 Å². The van der Waals surface area contributed by atoms with Gasteiger partial charge in [-0.3, -0.25) is 4.90 Å². The Morgan fingerprint density at radius 2 is 2.00 bits per heavy atom. The summed E-state index contributed by atoms with van der Waals surface area (Å²) in [5.41, 5.74) is 1.42. The molecule has 2 rings (SSSR count). The Kier molecular flexibility index (Phi) is 5.21. The van der Waals surface area contributed by atoms with Gasteiger partial charge in [0.1, 0.15) is 0 Å². The Morgan fingerprint density at radius 3 is 2.72 bits per heavy atom. The van der Waals surface area contributed by atoms with E-state index >= 15 is 0 Å². The van der Waals surface area contributed by atoms with Gasteiger partial charge in [-0.15, -0.1) is 0 Å². The van der Waals surface area contributed by atoms with Gasteiger partial charge in [0.25, 0.3) is 0 Å². The van der Waals surface area contributed by atoms with Crippen molar-refractivity contribution in [1.29, 1.82) is 0 Å². The van der Waals surface area contributed by atoms with Gasteiger partial charge in [0.2, 0.25) is 0 Å². The van der Waals surface area contributed by atoms with Crippen molar-refractivity contribution in [1.82, 2.24) is 10.2 Å². The third-order valence-corrected chi connectivity index (χ3v) is 4.04. The Morgan fingerprint density at radius 1 is 1.22 bits per heavy atom. The van der Waals surface area contributed by atoms with Gasteiger partial charge in [0, 0.05) is 18.6 Å². The second-order valence-electron chi connectivity index (χ2n) is 5.48. The molecule has 100 valence electrons. The molecule has 0 saturated heterocycles. The molecule has 1 saturated carbocycles. The van der Waals surface area contributed by atoms with Crippen molar-refractivity contribution in [2.45, 2.75) is 51.2 Å². The molecule has 0 bridgehead atoms. The number of benzene rings is 1. The van der Waals surface area contributed by atoms with E-state index in [0.717, 1.165) is 25.2 Å². The molecule has 1 fully saturated rings. The molecule has 2 atom stereocenters. The summed E-state index contributed by atoms with van der Waals surface area (Å²) in [6.45, 7) is 4.38. The molecule has 0 heterocycles. The van der Waals surface area contributed by atoms with Crippen molar-refractivity contribution in [2.75, 3.05) is 13.6 Å². The van der Waals surface area contributed by atoms with E-state index in [4.69, 9.17) is 0 Å². The zero-order valence-corrected chi connectivity index (χ0v) is 11.7. The van der Waals surface area contributed by atoms with Crippen LogP contribution in [0.5, 0.6) is 0 Å². The lowest BCUT2D eigenvalue weighted by molar-refractivity contribution is 0.163. The first-order valence-electron chi connectivity index (χ1n) is 7.27. The van der Waals surface area contributed by atoms with E-state index in [-0.39, 0.29) is 0 Å². The van der Waals surface area contributed by atoms with E-state index in [1.165, 1.54) is 31.2 Å². The Bertz CT molecular complexity index is 334. The summed E-state index contributed by atoms with van der Waals surface area (Å²) in [6, 6.07) is 12.3. The maximum Gasteiger partial charge on any atom is 0.0233 e. The normalized spacial score (nSPS) is 24.4. The van der Waals surface area contributed by atoms with E-state index in [1.54, 1.807) is 0 Å². The van der Waals surface area contributed by atoms with Gasteiger partial charge in [-0.2, -0.15) is 0 Å². The van der Waals surface area contributed by atoms with Gasteiger partial charge < -0.3 is 5.32 Å². The number of hydrogen-bond donors (Lipinski definition) is 1. The summed E-state index contributed by atoms with van der Waals surface area (Å²) in [6.07, 6.45) is 5.37. The maximum atomic E-state index is 3.61. The smallest absolute Gasteiger partial charge is 0.0233 e. The Hall–Kier alpha value is -0.860. The quantitative estimate of drug-likeness (QED) is 0.859. The third kappa shape index (κ3) is 3.82. The predicted octanol–water partition coefficient (Wildman–Crippen LogP) is 3.04. The highest BCUT2D eigenvalue weighted by Gasteiger charge is 2.24. The first kappa shape index (κ1) is 13.6. The highest BCUT2D eigenvalue weighted by molar-refractivity contribution is 5.14. The molecule has 0 radical (unpaired) electrons. The lowest BCUT2D eigenvalue weighted by Crippen LogP contribution is -2.42. The number of rotatable bonds is 5. The molecule has 1 aliphatic rings. The summed E-state index contributed by atoms with van der Waals surface area (Å²) < 4.78 is 0. The minimum absolute atomic E-state index is 0.729. The van der Waals surface area contributed by atoms with Crippen LogP contribution in [0.3, 0.4) is 0 Å². The van der Waals surface area contributed by atoms with Crippen LogP contribution in [0.15, 0.2) is 30.3 Å². The SMILES string of the molecule is CCN[C@H]1CCC[C@@H](N(C)Cc2ccccc2)C1. The summed E-state index contributed by atoms with van der Waals surface area (Å²) in [7, 11) is 2.27. The molecule has 2 nitrogen and oxygen atoms in total. The molecular formula is C16H26N2. The van der Waals surface area contributed by atoms with Crippen molar-refractivity contribution in [3.05, 3.63) is 35.9 Å². The van der Waals surface area contributed by atoms with Crippen LogP contribution in [0.4, 0.5) is 0 Å². The fourth-order valence-corrected chi connectivity index (χ4v) is 3.04. The highest BCUT2D eigenvalue weighted by atomic mass is 15.1. The molecule has 0 aliphatic heterocycles. The number of nitrogens with zero attached hydrogens (tertiary/aromatic N) is 1. The minimum atomic E-state index is 0.729. The molecule has 2 heteroatoms. The van der Waals surface area contributed by atoms with Crippen LogP contribution in [-0.2, 0) is 6.54 Å². The van der Waals surface area contributed by atoms with Gasteiger partial charge in [-0.1, -0.05) is 43.7 Å². The molecule has 18 heavy (non-hydrogen) atoms. The van der Waals surface area contributed by atoms with Crippen LogP contribution < -0.4 is 5.32 Å². The molecule has 1 aliphatic carbocycles. The number of nitrogens with one attached hydrogen (secondary N) is 1. The number of hydrogen-bond acceptors (Lipinski definition) is 2. The van der Waals surface area contributed by atoms with Gasteiger partial charge in [0.05, 0.1) is 0 Å². The van der Waals surface area contributed by atoms with Gasteiger partial charge in [-0.05, 0) is 38.4 Å². The van der Waals surface area contributed by atoms with Gasteiger partial charge in [0.15, 0.2) is 0 Å². The molecule has 1 aromatic carbocycles. The van der Waals surface area contributed by atoms with Crippen molar-refractivity contribution < 1.29 is 0 Å². The van der Waals surface area contributed by atoms with E-state index < -0.39 is 0 Å². The Balaban J connectivity index is 1.86. The van der Waals surface area contributed by atoms with Gasteiger partial charge in [-0.25, -0.2) is 0 Å². The average Bonchev–Trinajstić information content (AvgIpc) is 2.40. The summed E-state index contributed by atoms with van der Waals surface area (Å²) in [5, 5.41) is 3.61. The first-order valence-corrected chi connectivity index (χ1v) is 7.27. The standard InChI is InChI=1S/C16H26N2/c1-3-17-15-10-7-11-16(12-15)18(2)13-14-8-5-4-6-9-14/h4-6,8-9,15-17H,3,7,10-13H2,1-2H3/t15-,16+/m0/s1. The molecule has 0 unspecified atom stereocenters. The van der Waals surface area contributed by atoms with Crippen LogP contribution >= 0.6 is 0 Å². The predicted molar refractivity (Wildman–Crippen MR) is 77.6 cm³/mol. The van der Waals surface area contributed by atoms with Crippen molar-refractivity contribution in [2.24, 2.45) is 0 Å². The molecule has 0 aromatic heterocycles. The fourth-order valence-electron chi connectivity index (χ4n) is 3.04. The van der Waals surface area contributed by atoms with Crippen molar-refractivity contribution in [3.8, 4) is 0 Å².